The molecule has 1 aromatic carbocycles. The van der Waals surface area contributed by atoms with Crippen molar-refractivity contribution in [2.45, 2.75) is 66.0 Å². The van der Waals surface area contributed by atoms with Crippen molar-refractivity contribution in [1.82, 2.24) is 0 Å². The second kappa shape index (κ2) is 11.6. The van der Waals surface area contributed by atoms with Crippen LogP contribution in [0.4, 0.5) is 4.39 Å². The van der Waals surface area contributed by atoms with Crippen molar-refractivity contribution in [3.05, 3.63) is 65.8 Å². The second-order valence-electron chi connectivity index (χ2n) is 7.92. The van der Waals surface area contributed by atoms with E-state index in [-0.39, 0.29) is 1.43 Å². The molecule has 148 valence electrons. The Labute approximate surface area is 167 Å². The summed E-state index contributed by atoms with van der Waals surface area (Å²) in [4.78, 5) is 0. The number of benzene rings is 1. The van der Waals surface area contributed by atoms with Crippen LogP contribution in [0.2, 0.25) is 0 Å². The molecule has 0 nitrogen and oxygen atoms in total. The van der Waals surface area contributed by atoms with E-state index in [1.165, 1.54) is 44.6 Å². The molecular formula is C26H37F. The molecule has 2 unspecified atom stereocenters. The van der Waals surface area contributed by atoms with Gasteiger partial charge in [-0.25, -0.2) is 4.39 Å². The molecule has 27 heavy (non-hydrogen) atoms. The predicted octanol–water partition coefficient (Wildman–Crippen LogP) is 8.33. The van der Waals surface area contributed by atoms with E-state index in [0.717, 1.165) is 22.6 Å². The maximum atomic E-state index is 13.1. The second-order valence-corrected chi connectivity index (χ2v) is 7.92. The Bertz CT molecular complexity index is 686. The van der Waals surface area contributed by atoms with Gasteiger partial charge in [-0.1, -0.05) is 76.1 Å². The highest BCUT2D eigenvalue weighted by Gasteiger charge is 2.10. The zero-order valence-corrected chi connectivity index (χ0v) is 17.5. The number of allylic oxidation sites excluding steroid dienone is 4. The molecule has 1 saturated carbocycles. The molecule has 1 aliphatic carbocycles. The number of terminal acetylenes is 1. The van der Waals surface area contributed by atoms with Gasteiger partial charge in [0.2, 0.25) is 0 Å². The van der Waals surface area contributed by atoms with E-state index in [0.29, 0.717) is 11.5 Å². The van der Waals surface area contributed by atoms with Crippen LogP contribution in [0.15, 0.2) is 54.6 Å². The normalized spacial score (nSPS) is 18.8. The smallest absolute Gasteiger partial charge is 0.122 e. The van der Waals surface area contributed by atoms with Gasteiger partial charge in [0, 0.05) is 1.43 Å². The molecule has 0 amide bonds. The Hall–Kier alpha value is -2.07. The number of halogens is 1. The molecule has 2 atom stereocenters. The first-order chi connectivity index (χ1) is 12.8. The van der Waals surface area contributed by atoms with Gasteiger partial charge in [0.05, 0.1) is 0 Å². The average molecular weight is 369 g/mol. The van der Waals surface area contributed by atoms with Crippen LogP contribution in [-0.4, -0.2) is 0 Å². The molecule has 0 heterocycles. The third-order valence-electron chi connectivity index (χ3n) is 5.15. The van der Waals surface area contributed by atoms with Crippen LogP contribution in [0.3, 0.4) is 0 Å². The molecule has 1 aromatic rings. The summed E-state index contributed by atoms with van der Waals surface area (Å²) in [7, 11) is 0. The van der Waals surface area contributed by atoms with Crippen LogP contribution in [-0.2, 0) is 0 Å². The summed E-state index contributed by atoms with van der Waals surface area (Å²) in [6, 6.07) is 7.36. The lowest BCUT2D eigenvalue weighted by Gasteiger charge is -2.14. The lowest BCUT2D eigenvalue weighted by molar-refractivity contribution is 0.374. The molecule has 1 aliphatic rings. The molecule has 2 rings (SSSR count). The minimum absolute atomic E-state index is 0. The topological polar surface area (TPSA) is 0 Å². The highest BCUT2D eigenvalue weighted by Crippen LogP contribution is 2.28. The maximum absolute atomic E-state index is 13.1. The minimum Gasteiger partial charge on any atom is -0.243 e. The van der Waals surface area contributed by atoms with Gasteiger partial charge in [-0.3, -0.25) is 0 Å². The lowest BCUT2D eigenvalue weighted by atomic mass is 9.90. The van der Waals surface area contributed by atoms with E-state index in [2.05, 4.69) is 39.8 Å². The first-order valence-electron chi connectivity index (χ1n) is 10.0. The summed E-state index contributed by atoms with van der Waals surface area (Å²) in [5.41, 5.74) is 5.08. The van der Waals surface area contributed by atoms with Gasteiger partial charge in [0.15, 0.2) is 0 Å². The fraction of sp³-hybridized carbons (Fsp3) is 0.462. The van der Waals surface area contributed by atoms with Gasteiger partial charge in [0.1, 0.15) is 6.17 Å². The minimum atomic E-state index is -0.946. The van der Waals surface area contributed by atoms with Crippen molar-refractivity contribution in [2.75, 3.05) is 0 Å². The van der Waals surface area contributed by atoms with Gasteiger partial charge in [-0.2, -0.15) is 0 Å². The first kappa shape index (κ1) is 23.0. The van der Waals surface area contributed by atoms with Crippen LogP contribution in [0, 0.1) is 24.2 Å². The number of hydrogen-bond acceptors (Lipinski definition) is 0. The average Bonchev–Trinajstić information content (AvgIpc) is 2.83. The van der Waals surface area contributed by atoms with Crippen molar-refractivity contribution >= 4 is 5.57 Å². The SMILES string of the molecule is C#C/C=C(\C(=C)c1ccc(C(C)F)cc1)C(C)C.C=C1CCCC(C)CC1.[HH]. The molecule has 0 spiro atoms. The quantitative estimate of drug-likeness (QED) is 0.217. The Balaban J connectivity index is 0.000000614. The standard InChI is InChI=1S/C17H19F.C9H16.H2/c1-6-7-17(12(2)3)13(4)15-8-10-16(11-9-15)14(5)18;1-8-4-3-5-9(2)7-6-8;/h1,7-12,14H,4H2,2-3,5H3;9H,1,3-7H2,2H3;1H/b17-7-;;. The van der Waals surface area contributed by atoms with Crippen molar-refractivity contribution in [3.8, 4) is 12.3 Å². The largest absolute Gasteiger partial charge is 0.243 e. The summed E-state index contributed by atoms with van der Waals surface area (Å²) in [5.74, 6) is 3.81. The highest BCUT2D eigenvalue weighted by atomic mass is 19.1. The maximum Gasteiger partial charge on any atom is 0.122 e. The van der Waals surface area contributed by atoms with Crippen molar-refractivity contribution in [2.24, 2.45) is 11.8 Å². The van der Waals surface area contributed by atoms with E-state index in [4.69, 9.17) is 6.42 Å². The van der Waals surface area contributed by atoms with Crippen LogP contribution in [0.1, 0.15) is 78.5 Å². The first-order valence-corrected chi connectivity index (χ1v) is 10.0. The highest BCUT2D eigenvalue weighted by molar-refractivity contribution is 5.78. The predicted molar refractivity (Wildman–Crippen MR) is 120 cm³/mol. The van der Waals surface area contributed by atoms with Gasteiger partial charge in [-0.05, 0) is 72.8 Å². The van der Waals surface area contributed by atoms with E-state index in [1.54, 1.807) is 18.2 Å². The Morgan fingerprint density at radius 1 is 1.22 bits per heavy atom. The van der Waals surface area contributed by atoms with Crippen molar-refractivity contribution in [3.63, 3.8) is 0 Å². The molecule has 1 fully saturated rings. The fourth-order valence-electron chi connectivity index (χ4n) is 3.23. The van der Waals surface area contributed by atoms with Gasteiger partial charge in [0.25, 0.3) is 0 Å². The number of rotatable bonds is 4. The summed E-state index contributed by atoms with van der Waals surface area (Å²) >= 11 is 0. The fourth-order valence-corrected chi connectivity index (χ4v) is 3.23. The van der Waals surface area contributed by atoms with Gasteiger partial charge < -0.3 is 0 Å². The monoisotopic (exact) mass is 368 g/mol. The molecule has 1 heteroatoms. The van der Waals surface area contributed by atoms with E-state index in [9.17, 15) is 4.39 Å². The van der Waals surface area contributed by atoms with Crippen LogP contribution >= 0.6 is 0 Å². The third-order valence-corrected chi connectivity index (χ3v) is 5.15. The molecule has 0 bridgehead atoms. The van der Waals surface area contributed by atoms with Gasteiger partial charge >= 0.3 is 0 Å². The number of alkyl halides is 1. The molecular weight excluding hydrogens is 331 g/mol. The molecule has 0 N–H and O–H groups in total. The molecule has 0 radical (unpaired) electrons. The lowest BCUT2D eigenvalue weighted by Crippen LogP contribution is -1.97. The van der Waals surface area contributed by atoms with Crippen molar-refractivity contribution in [1.29, 1.82) is 0 Å². The van der Waals surface area contributed by atoms with Crippen LogP contribution in [0.5, 0.6) is 0 Å². The summed E-state index contributed by atoms with van der Waals surface area (Å²) < 4.78 is 13.1. The Kier molecular flexibility index (Phi) is 9.87. The van der Waals surface area contributed by atoms with Crippen LogP contribution in [0.25, 0.3) is 5.57 Å². The van der Waals surface area contributed by atoms with E-state index >= 15 is 0 Å². The summed E-state index contributed by atoms with van der Waals surface area (Å²) in [6.45, 7) is 16.1. The van der Waals surface area contributed by atoms with Crippen molar-refractivity contribution < 1.29 is 5.82 Å². The Morgan fingerprint density at radius 3 is 2.37 bits per heavy atom. The third kappa shape index (κ3) is 8.00. The molecule has 0 aromatic heterocycles. The number of hydrogen-bond donors (Lipinski definition) is 0. The van der Waals surface area contributed by atoms with E-state index in [1.807, 2.05) is 12.1 Å². The summed E-state index contributed by atoms with van der Waals surface area (Å²) in [6.07, 6.45) is 12.9. The summed E-state index contributed by atoms with van der Waals surface area (Å²) in [5, 5.41) is 0. The zero-order chi connectivity index (χ0) is 20.4. The van der Waals surface area contributed by atoms with E-state index < -0.39 is 6.17 Å². The van der Waals surface area contributed by atoms with Gasteiger partial charge in [-0.15, -0.1) is 6.42 Å². The molecule has 0 aliphatic heterocycles. The molecule has 0 saturated heterocycles. The van der Waals surface area contributed by atoms with Crippen LogP contribution < -0.4 is 0 Å². The Morgan fingerprint density at radius 2 is 1.85 bits per heavy atom. The zero-order valence-electron chi connectivity index (χ0n) is 17.5.